The molecule has 1 aliphatic rings. The highest BCUT2D eigenvalue weighted by molar-refractivity contribution is 7.98. The predicted molar refractivity (Wildman–Crippen MR) is 95.5 cm³/mol. The summed E-state index contributed by atoms with van der Waals surface area (Å²) in [5.74, 6) is 1.24. The Bertz CT molecular complexity index is 741. The highest BCUT2D eigenvalue weighted by Gasteiger charge is 2.18. The molecule has 0 aromatic carbocycles. The number of thioether (sulfide) groups is 1. The fourth-order valence-electron chi connectivity index (χ4n) is 2.63. The van der Waals surface area contributed by atoms with Gasteiger partial charge in [-0.3, -0.25) is 9.78 Å². The number of rotatable bonds is 5. The highest BCUT2D eigenvalue weighted by Crippen LogP contribution is 2.18. The van der Waals surface area contributed by atoms with Gasteiger partial charge in [-0.25, -0.2) is 15.0 Å². The largest absolute Gasteiger partial charge is 0.340 e. The molecule has 128 valence electrons. The number of aryl methyl sites for hydroxylation is 1. The zero-order chi connectivity index (χ0) is 16.9. The second kappa shape index (κ2) is 7.76. The summed E-state index contributed by atoms with van der Waals surface area (Å²) in [6.45, 7) is 8.92. The molecule has 0 bridgehead atoms. The van der Waals surface area contributed by atoms with Gasteiger partial charge in [0.15, 0.2) is 5.16 Å². The van der Waals surface area contributed by atoms with Gasteiger partial charge in [-0.15, -0.1) is 0 Å². The van der Waals surface area contributed by atoms with Crippen LogP contribution in [0, 0.1) is 6.92 Å². The lowest BCUT2D eigenvalue weighted by atomic mass is 10.3. The number of hydrogen-bond acceptors (Lipinski definition) is 7. The van der Waals surface area contributed by atoms with Gasteiger partial charge >= 0.3 is 0 Å². The van der Waals surface area contributed by atoms with Crippen molar-refractivity contribution >= 4 is 17.7 Å². The SMILES string of the molecule is CCN1CCN(c2nc(CSc3nccc(C)n3)cc(=O)[nH]2)CC1. The van der Waals surface area contributed by atoms with E-state index in [1.165, 1.54) is 11.8 Å². The van der Waals surface area contributed by atoms with Gasteiger partial charge in [0.25, 0.3) is 5.56 Å². The Morgan fingerprint density at radius 3 is 2.75 bits per heavy atom. The molecule has 1 fully saturated rings. The van der Waals surface area contributed by atoms with Gasteiger partial charge in [0.2, 0.25) is 5.95 Å². The normalized spacial score (nSPS) is 15.7. The molecule has 3 heterocycles. The average Bonchev–Trinajstić information content (AvgIpc) is 2.60. The van der Waals surface area contributed by atoms with Gasteiger partial charge in [0.05, 0.1) is 5.69 Å². The topological polar surface area (TPSA) is 78.0 Å². The summed E-state index contributed by atoms with van der Waals surface area (Å²) >= 11 is 1.49. The first-order valence-corrected chi connectivity index (χ1v) is 9.12. The van der Waals surface area contributed by atoms with Crippen molar-refractivity contribution < 1.29 is 0 Å². The van der Waals surface area contributed by atoms with Gasteiger partial charge in [-0.2, -0.15) is 0 Å². The van der Waals surface area contributed by atoms with Crippen LogP contribution in [0.3, 0.4) is 0 Å². The summed E-state index contributed by atoms with van der Waals surface area (Å²) in [4.78, 5) is 32.6. The Balaban J connectivity index is 1.69. The van der Waals surface area contributed by atoms with Gasteiger partial charge in [0, 0.05) is 49.9 Å². The van der Waals surface area contributed by atoms with Gasteiger partial charge in [0.1, 0.15) is 0 Å². The smallest absolute Gasteiger partial charge is 0.252 e. The number of piperazine rings is 1. The first kappa shape index (κ1) is 16.9. The van der Waals surface area contributed by atoms with Crippen molar-refractivity contribution in [3.05, 3.63) is 40.1 Å². The third kappa shape index (κ3) is 4.33. The van der Waals surface area contributed by atoms with Crippen molar-refractivity contribution in [3.8, 4) is 0 Å². The number of hydrogen-bond donors (Lipinski definition) is 1. The van der Waals surface area contributed by atoms with Crippen LogP contribution in [0.5, 0.6) is 0 Å². The number of aromatic amines is 1. The van der Waals surface area contributed by atoms with Crippen LogP contribution in [0.1, 0.15) is 18.3 Å². The molecule has 0 saturated carbocycles. The Hall–Kier alpha value is -1.93. The number of anilines is 1. The van der Waals surface area contributed by atoms with Crippen molar-refractivity contribution in [2.75, 3.05) is 37.6 Å². The summed E-state index contributed by atoms with van der Waals surface area (Å²) < 4.78 is 0. The van der Waals surface area contributed by atoms with E-state index >= 15 is 0 Å². The van der Waals surface area contributed by atoms with E-state index in [-0.39, 0.29) is 5.56 Å². The third-order valence-corrected chi connectivity index (χ3v) is 4.92. The van der Waals surface area contributed by atoms with Gasteiger partial charge < -0.3 is 9.80 Å². The standard InChI is InChI=1S/C16H22N6OS/c1-3-21-6-8-22(9-7-21)15-19-13(10-14(23)20-15)11-24-16-17-5-4-12(2)18-16/h4-5,10H,3,6-9,11H2,1-2H3,(H,19,20,23). The second-order valence-corrected chi connectivity index (χ2v) is 6.69. The molecular weight excluding hydrogens is 324 g/mol. The van der Waals surface area contributed by atoms with Crippen molar-refractivity contribution in [2.24, 2.45) is 0 Å². The first-order valence-electron chi connectivity index (χ1n) is 8.14. The van der Waals surface area contributed by atoms with Crippen LogP contribution in [-0.4, -0.2) is 57.6 Å². The maximum atomic E-state index is 12.0. The molecule has 0 unspecified atom stereocenters. The number of likely N-dealkylation sites (N-methyl/N-ethyl adjacent to an activating group) is 1. The van der Waals surface area contributed by atoms with E-state index in [4.69, 9.17) is 0 Å². The van der Waals surface area contributed by atoms with E-state index in [9.17, 15) is 4.79 Å². The lowest BCUT2D eigenvalue weighted by Crippen LogP contribution is -2.47. The Labute approximate surface area is 145 Å². The molecule has 0 radical (unpaired) electrons. The van der Waals surface area contributed by atoms with Gasteiger partial charge in [-0.05, 0) is 19.5 Å². The fraction of sp³-hybridized carbons (Fsp3) is 0.500. The van der Waals surface area contributed by atoms with Crippen LogP contribution in [0.4, 0.5) is 5.95 Å². The first-order chi connectivity index (χ1) is 11.6. The third-order valence-electron chi connectivity index (χ3n) is 4.02. The number of nitrogens with zero attached hydrogens (tertiary/aromatic N) is 5. The summed E-state index contributed by atoms with van der Waals surface area (Å²) in [6, 6.07) is 3.41. The van der Waals surface area contributed by atoms with E-state index in [1.54, 1.807) is 12.3 Å². The van der Waals surface area contributed by atoms with E-state index < -0.39 is 0 Å². The Kier molecular flexibility index (Phi) is 5.47. The molecule has 24 heavy (non-hydrogen) atoms. The van der Waals surface area contributed by atoms with E-state index in [0.717, 1.165) is 44.1 Å². The zero-order valence-electron chi connectivity index (χ0n) is 14.0. The maximum absolute atomic E-state index is 12.0. The van der Waals surface area contributed by atoms with Crippen LogP contribution in [0.25, 0.3) is 0 Å². The lowest BCUT2D eigenvalue weighted by molar-refractivity contribution is 0.270. The van der Waals surface area contributed by atoms with E-state index in [1.807, 2.05) is 13.0 Å². The minimum absolute atomic E-state index is 0.112. The molecule has 1 N–H and O–H groups in total. The molecule has 3 rings (SSSR count). The minimum Gasteiger partial charge on any atom is -0.340 e. The van der Waals surface area contributed by atoms with Crippen molar-refractivity contribution in [3.63, 3.8) is 0 Å². The van der Waals surface area contributed by atoms with E-state index in [2.05, 4.69) is 36.7 Å². The summed E-state index contributed by atoms with van der Waals surface area (Å²) in [5, 5.41) is 0.704. The van der Waals surface area contributed by atoms with E-state index in [0.29, 0.717) is 16.9 Å². The van der Waals surface area contributed by atoms with Crippen molar-refractivity contribution in [1.29, 1.82) is 0 Å². The lowest BCUT2D eigenvalue weighted by Gasteiger charge is -2.34. The molecular formula is C16H22N6OS. The fourth-order valence-corrected chi connectivity index (χ4v) is 3.40. The molecule has 0 atom stereocenters. The molecule has 8 heteroatoms. The summed E-state index contributed by atoms with van der Waals surface area (Å²) in [6.07, 6.45) is 1.74. The summed E-state index contributed by atoms with van der Waals surface area (Å²) in [5.41, 5.74) is 1.57. The molecule has 7 nitrogen and oxygen atoms in total. The van der Waals surface area contributed by atoms with Crippen LogP contribution in [0.2, 0.25) is 0 Å². The molecule has 0 spiro atoms. The van der Waals surface area contributed by atoms with Crippen molar-refractivity contribution in [2.45, 2.75) is 24.8 Å². The zero-order valence-corrected chi connectivity index (χ0v) is 14.8. The van der Waals surface area contributed by atoms with Crippen LogP contribution in [0.15, 0.2) is 28.3 Å². The number of aromatic nitrogens is 4. The molecule has 2 aromatic heterocycles. The monoisotopic (exact) mass is 346 g/mol. The second-order valence-electron chi connectivity index (χ2n) is 5.75. The predicted octanol–water partition coefficient (Wildman–Crippen LogP) is 1.30. The molecule has 1 aliphatic heterocycles. The summed E-state index contributed by atoms with van der Waals surface area (Å²) in [7, 11) is 0. The van der Waals surface area contributed by atoms with Crippen LogP contribution in [-0.2, 0) is 5.75 Å². The van der Waals surface area contributed by atoms with Crippen LogP contribution < -0.4 is 10.5 Å². The van der Waals surface area contributed by atoms with Gasteiger partial charge in [-0.1, -0.05) is 18.7 Å². The average molecular weight is 346 g/mol. The minimum atomic E-state index is -0.112. The molecule has 0 amide bonds. The molecule has 0 aliphatic carbocycles. The maximum Gasteiger partial charge on any atom is 0.252 e. The van der Waals surface area contributed by atoms with Crippen LogP contribution >= 0.6 is 11.8 Å². The molecule has 1 saturated heterocycles. The quantitative estimate of drug-likeness (QED) is 0.646. The Morgan fingerprint density at radius 2 is 2.04 bits per heavy atom. The number of H-pyrrole nitrogens is 1. The molecule has 2 aromatic rings. The number of nitrogens with one attached hydrogen (secondary N) is 1. The Morgan fingerprint density at radius 1 is 1.25 bits per heavy atom. The van der Waals surface area contributed by atoms with Crippen molar-refractivity contribution in [1.82, 2.24) is 24.8 Å². The highest BCUT2D eigenvalue weighted by atomic mass is 32.2.